The first kappa shape index (κ1) is 22.0. The van der Waals surface area contributed by atoms with Gasteiger partial charge in [-0.15, -0.1) is 0 Å². The van der Waals surface area contributed by atoms with E-state index in [0.717, 1.165) is 37.9 Å². The average Bonchev–Trinajstić information content (AvgIpc) is 2.76. The van der Waals surface area contributed by atoms with Gasteiger partial charge in [-0.05, 0) is 61.6 Å². The second-order valence-electron chi connectivity index (χ2n) is 8.36. The van der Waals surface area contributed by atoms with Crippen molar-refractivity contribution in [1.82, 2.24) is 15.0 Å². The molecule has 0 saturated heterocycles. The normalized spacial score (nSPS) is 19.1. The van der Waals surface area contributed by atoms with E-state index < -0.39 is 23.0 Å². The van der Waals surface area contributed by atoms with Crippen molar-refractivity contribution in [2.45, 2.75) is 57.0 Å². The van der Waals surface area contributed by atoms with Crippen LogP contribution in [0.2, 0.25) is 0 Å². The molecule has 2 N–H and O–H groups in total. The quantitative estimate of drug-likeness (QED) is 0.607. The summed E-state index contributed by atoms with van der Waals surface area (Å²) in [5.41, 5.74) is 0.287. The third-order valence-corrected chi connectivity index (χ3v) is 6.44. The van der Waals surface area contributed by atoms with E-state index in [9.17, 15) is 22.8 Å². The Morgan fingerprint density at radius 3 is 2.28 bits per heavy atom. The van der Waals surface area contributed by atoms with Crippen LogP contribution in [-0.4, -0.2) is 15.0 Å². The molecule has 0 aliphatic heterocycles. The Morgan fingerprint density at radius 2 is 1.62 bits per heavy atom. The fraction of sp³-hybridized carbons (Fsp3) is 0.375. The lowest BCUT2D eigenvalue weighted by Crippen LogP contribution is -2.30. The van der Waals surface area contributed by atoms with Crippen LogP contribution in [-0.2, 0) is 12.6 Å². The summed E-state index contributed by atoms with van der Waals surface area (Å²) in [6.07, 6.45) is -0.0983. The van der Waals surface area contributed by atoms with Gasteiger partial charge < -0.3 is 4.98 Å². The number of hydrogen-bond acceptors (Lipinski definition) is 3. The Morgan fingerprint density at radius 1 is 0.969 bits per heavy atom. The fourth-order valence-electron chi connectivity index (χ4n) is 4.73. The number of halogens is 3. The number of H-pyrrole nitrogens is 2. The summed E-state index contributed by atoms with van der Waals surface area (Å²) >= 11 is 0. The van der Waals surface area contributed by atoms with E-state index in [4.69, 9.17) is 0 Å². The van der Waals surface area contributed by atoms with Crippen molar-refractivity contribution < 1.29 is 13.2 Å². The van der Waals surface area contributed by atoms with E-state index in [1.165, 1.54) is 12.5 Å². The first-order chi connectivity index (χ1) is 15.2. The summed E-state index contributed by atoms with van der Waals surface area (Å²) in [5, 5.41) is 0. The van der Waals surface area contributed by atoms with Gasteiger partial charge >= 0.3 is 11.9 Å². The second kappa shape index (κ2) is 8.76. The molecule has 0 unspecified atom stereocenters. The van der Waals surface area contributed by atoms with Crippen molar-refractivity contribution in [3.8, 4) is 0 Å². The standard InChI is InChI=1S/C24H24F3N3O2/c1-14-19(24(25,26)27)11-12-28-20(14)13-18-21(29-23(32)30-22(18)31)17-9-7-16(8-10-17)15-5-3-2-4-6-15/h2-6,11-12,16-17H,7-10,13H2,1H3,(H2,29,30,31,32). The van der Waals surface area contributed by atoms with E-state index in [1.54, 1.807) is 0 Å². The topological polar surface area (TPSA) is 78.6 Å². The van der Waals surface area contributed by atoms with E-state index in [2.05, 4.69) is 27.1 Å². The highest BCUT2D eigenvalue weighted by atomic mass is 19.4. The molecular formula is C24H24F3N3O2. The van der Waals surface area contributed by atoms with Crippen LogP contribution in [0.3, 0.4) is 0 Å². The van der Waals surface area contributed by atoms with Crippen molar-refractivity contribution in [2.75, 3.05) is 0 Å². The highest BCUT2D eigenvalue weighted by Gasteiger charge is 2.34. The molecule has 2 heterocycles. The summed E-state index contributed by atoms with van der Waals surface area (Å²) in [6, 6.07) is 11.1. The van der Waals surface area contributed by atoms with Gasteiger partial charge in [0.05, 0.1) is 5.56 Å². The van der Waals surface area contributed by atoms with Crippen LogP contribution >= 0.6 is 0 Å². The molecule has 0 bridgehead atoms. The molecule has 3 aromatic rings. The molecule has 1 saturated carbocycles. The predicted octanol–water partition coefficient (Wildman–Crippen LogP) is 4.82. The van der Waals surface area contributed by atoms with Crippen LogP contribution in [0.1, 0.15) is 71.2 Å². The molecule has 0 radical (unpaired) electrons. The summed E-state index contributed by atoms with van der Waals surface area (Å²) in [7, 11) is 0. The molecule has 1 aromatic carbocycles. The van der Waals surface area contributed by atoms with Gasteiger partial charge in [0.25, 0.3) is 5.56 Å². The zero-order valence-corrected chi connectivity index (χ0v) is 17.6. The van der Waals surface area contributed by atoms with Crippen molar-refractivity contribution in [3.05, 3.63) is 97.1 Å². The summed E-state index contributed by atoms with van der Waals surface area (Å²) in [5.74, 6) is 0.378. The SMILES string of the molecule is Cc1c(C(F)(F)F)ccnc1Cc1c(C2CCC(c3ccccc3)CC2)[nH]c(=O)[nH]c1=O. The van der Waals surface area contributed by atoms with Crippen molar-refractivity contribution in [2.24, 2.45) is 0 Å². The number of nitrogens with one attached hydrogen (secondary N) is 2. The monoisotopic (exact) mass is 443 g/mol. The minimum atomic E-state index is -4.50. The maximum Gasteiger partial charge on any atom is 0.416 e. The second-order valence-corrected chi connectivity index (χ2v) is 8.36. The van der Waals surface area contributed by atoms with E-state index in [0.29, 0.717) is 11.6 Å². The molecule has 0 amide bonds. The van der Waals surface area contributed by atoms with Gasteiger partial charge in [0.2, 0.25) is 0 Å². The van der Waals surface area contributed by atoms with Crippen molar-refractivity contribution >= 4 is 0 Å². The summed E-state index contributed by atoms with van der Waals surface area (Å²) in [4.78, 5) is 33.8. The Bertz CT molecular complexity index is 1210. The Hall–Kier alpha value is -3.16. The van der Waals surface area contributed by atoms with Crippen LogP contribution in [0.15, 0.2) is 52.2 Å². The summed E-state index contributed by atoms with van der Waals surface area (Å²) in [6.45, 7) is 1.36. The van der Waals surface area contributed by atoms with Gasteiger partial charge in [-0.3, -0.25) is 14.8 Å². The molecule has 5 nitrogen and oxygen atoms in total. The maximum absolute atomic E-state index is 13.3. The van der Waals surface area contributed by atoms with Crippen LogP contribution in [0.5, 0.6) is 0 Å². The molecular weight excluding hydrogens is 419 g/mol. The third kappa shape index (κ3) is 4.54. The van der Waals surface area contributed by atoms with Crippen molar-refractivity contribution in [1.29, 1.82) is 0 Å². The highest BCUT2D eigenvalue weighted by molar-refractivity contribution is 5.35. The van der Waals surface area contributed by atoms with Gasteiger partial charge in [0, 0.05) is 29.6 Å². The van der Waals surface area contributed by atoms with Crippen LogP contribution in [0.25, 0.3) is 0 Å². The fourth-order valence-corrected chi connectivity index (χ4v) is 4.73. The molecule has 1 aliphatic carbocycles. The molecule has 2 aromatic heterocycles. The molecule has 4 rings (SSSR count). The Balaban J connectivity index is 1.64. The minimum Gasteiger partial charge on any atom is -0.311 e. The lowest BCUT2D eigenvalue weighted by atomic mass is 9.76. The van der Waals surface area contributed by atoms with Crippen molar-refractivity contribution in [3.63, 3.8) is 0 Å². The van der Waals surface area contributed by atoms with Gasteiger partial charge in [-0.2, -0.15) is 13.2 Å². The van der Waals surface area contributed by atoms with E-state index in [1.807, 2.05) is 18.2 Å². The van der Waals surface area contributed by atoms with Crippen LogP contribution in [0, 0.1) is 6.92 Å². The highest BCUT2D eigenvalue weighted by Crippen LogP contribution is 2.40. The van der Waals surface area contributed by atoms with Gasteiger partial charge in [-0.25, -0.2) is 4.79 Å². The number of alkyl halides is 3. The smallest absolute Gasteiger partial charge is 0.311 e. The summed E-state index contributed by atoms with van der Waals surface area (Å²) < 4.78 is 39.9. The number of nitrogens with zero attached hydrogens (tertiary/aromatic N) is 1. The molecule has 0 spiro atoms. The first-order valence-electron chi connectivity index (χ1n) is 10.7. The third-order valence-electron chi connectivity index (χ3n) is 6.44. The van der Waals surface area contributed by atoms with Gasteiger partial charge in [0.15, 0.2) is 0 Å². The van der Waals surface area contributed by atoms with Crippen LogP contribution < -0.4 is 11.2 Å². The number of pyridine rings is 1. The predicted molar refractivity (Wildman–Crippen MR) is 115 cm³/mol. The maximum atomic E-state index is 13.3. The minimum absolute atomic E-state index is 0.00987. The molecule has 1 aliphatic rings. The average molecular weight is 443 g/mol. The largest absolute Gasteiger partial charge is 0.416 e. The van der Waals surface area contributed by atoms with E-state index >= 15 is 0 Å². The van der Waals surface area contributed by atoms with Crippen LogP contribution in [0.4, 0.5) is 13.2 Å². The van der Waals surface area contributed by atoms with Gasteiger partial charge in [0.1, 0.15) is 0 Å². The van der Waals surface area contributed by atoms with Gasteiger partial charge in [-0.1, -0.05) is 30.3 Å². The molecule has 8 heteroatoms. The lowest BCUT2D eigenvalue weighted by molar-refractivity contribution is -0.138. The molecule has 0 atom stereocenters. The zero-order valence-electron chi connectivity index (χ0n) is 17.6. The zero-order chi connectivity index (χ0) is 22.9. The lowest BCUT2D eigenvalue weighted by Gasteiger charge is -2.29. The number of benzene rings is 1. The Kier molecular flexibility index (Phi) is 6.04. The molecule has 1 fully saturated rings. The molecule has 168 valence electrons. The van der Waals surface area contributed by atoms with E-state index in [-0.39, 0.29) is 29.2 Å². The number of rotatable bonds is 4. The number of aromatic nitrogens is 3. The number of aromatic amines is 2. The Labute approximate surface area is 182 Å². The number of hydrogen-bond donors (Lipinski definition) is 2. The molecule has 32 heavy (non-hydrogen) atoms. The first-order valence-corrected chi connectivity index (χ1v) is 10.7.